The van der Waals surface area contributed by atoms with Crippen LogP contribution in [0, 0.1) is 28.5 Å². The molecule has 1 aromatic heterocycles. The second-order valence-corrected chi connectivity index (χ2v) is 13.1. The van der Waals surface area contributed by atoms with Crippen molar-refractivity contribution >= 4 is 11.9 Å². The van der Waals surface area contributed by atoms with Crippen LogP contribution in [0.25, 0.3) is 11.1 Å². The molecule has 0 atom stereocenters. The van der Waals surface area contributed by atoms with Gasteiger partial charge in [0.15, 0.2) is 11.6 Å². The lowest BCUT2D eigenvalue weighted by atomic mass is 9.72. The molecule has 2 aliphatic carbocycles. The molecular weight excluding hydrogens is 559 g/mol. The highest BCUT2D eigenvalue weighted by Gasteiger charge is 2.52. The zero-order chi connectivity index (χ0) is 30.3. The molecule has 2 N–H and O–H groups in total. The maximum atomic E-state index is 14.6. The number of nitriles is 1. The van der Waals surface area contributed by atoms with Crippen molar-refractivity contribution in [2.75, 3.05) is 37.6 Å². The summed E-state index contributed by atoms with van der Waals surface area (Å²) in [6.45, 7) is 5.07. The van der Waals surface area contributed by atoms with Crippen LogP contribution in [0.3, 0.4) is 0 Å². The summed E-state index contributed by atoms with van der Waals surface area (Å²) in [5.74, 6) is 2.54. The molecule has 3 heterocycles. The van der Waals surface area contributed by atoms with Gasteiger partial charge in [0.25, 0.3) is 0 Å². The average Bonchev–Trinajstić information content (AvgIpc) is 3.83. The number of rotatable bonds is 9. The summed E-state index contributed by atoms with van der Waals surface area (Å²) in [6.07, 6.45) is 9.83. The second-order valence-electron chi connectivity index (χ2n) is 13.1. The number of aromatic nitrogens is 2. The van der Waals surface area contributed by atoms with Crippen LogP contribution in [0.2, 0.25) is 0 Å². The van der Waals surface area contributed by atoms with Gasteiger partial charge in [0.05, 0.1) is 17.8 Å². The van der Waals surface area contributed by atoms with Gasteiger partial charge in [-0.05, 0) is 105 Å². The Labute approximate surface area is 256 Å². The van der Waals surface area contributed by atoms with Gasteiger partial charge in [-0.3, -0.25) is 0 Å². The van der Waals surface area contributed by atoms with Crippen molar-refractivity contribution in [1.29, 1.82) is 5.26 Å². The maximum absolute atomic E-state index is 14.6. The van der Waals surface area contributed by atoms with Gasteiger partial charge in [-0.2, -0.15) is 5.26 Å². The van der Waals surface area contributed by atoms with E-state index >= 15 is 0 Å². The number of primary amides is 1. The minimum absolute atomic E-state index is 0.0153. The van der Waals surface area contributed by atoms with Gasteiger partial charge in [-0.25, -0.2) is 19.2 Å². The molecule has 10 heteroatoms. The van der Waals surface area contributed by atoms with Crippen LogP contribution < -0.4 is 15.4 Å². The highest BCUT2D eigenvalue weighted by molar-refractivity contribution is 5.76. The van der Waals surface area contributed by atoms with E-state index in [0.717, 1.165) is 88.2 Å². The van der Waals surface area contributed by atoms with Crippen molar-refractivity contribution in [2.24, 2.45) is 17.1 Å². The maximum Gasteiger partial charge on any atom is 0.404 e. The van der Waals surface area contributed by atoms with Gasteiger partial charge in [0, 0.05) is 37.2 Å². The third-order valence-electron chi connectivity index (χ3n) is 9.71. The van der Waals surface area contributed by atoms with E-state index in [2.05, 4.69) is 25.8 Å². The van der Waals surface area contributed by atoms with Crippen LogP contribution in [-0.2, 0) is 4.74 Å². The molecule has 9 nitrogen and oxygen atoms in total. The molecular formula is C34H37FN6O3. The molecule has 44 heavy (non-hydrogen) atoms. The molecule has 4 fully saturated rings. The highest BCUT2D eigenvalue weighted by Crippen LogP contribution is 2.48. The number of hydrogen-bond acceptors (Lipinski definition) is 8. The number of benzene rings is 2. The van der Waals surface area contributed by atoms with Crippen molar-refractivity contribution < 1.29 is 18.7 Å². The normalized spacial score (nSPS) is 22.5. The quantitative estimate of drug-likeness (QED) is 0.320. The van der Waals surface area contributed by atoms with Crippen molar-refractivity contribution in [3.8, 4) is 28.7 Å². The van der Waals surface area contributed by atoms with E-state index in [-0.39, 0.29) is 17.3 Å². The van der Waals surface area contributed by atoms with E-state index in [9.17, 15) is 14.4 Å². The van der Waals surface area contributed by atoms with Crippen LogP contribution >= 0.6 is 0 Å². The van der Waals surface area contributed by atoms with Crippen molar-refractivity contribution in [2.45, 2.75) is 57.0 Å². The fourth-order valence-electron chi connectivity index (χ4n) is 7.39. The number of halogens is 1. The van der Waals surface area contributed by atoms with E-state index in [4.69, 9.17) is 15.2 Å². The Morgan fingerprint density at radius 3 is 2.55 bits per heavy atom. The first-order valence-electron chi connectivity index (χ1n) is 15.6. The molecule has 1 amide bonds. The van der Waals surface area contributed by atoms with Crippen LogP contribution in [0.1, 0.15) is 62.0 Å². The van der Waals surface area contributed by atoms with Crippen molar-refractivity contribution in [3.63, 3.8) is 0 Å². The smallest absolute Gasteiger partial charge is 0.404 e. The molecule has 2 aromatic carbocycles. The summed E-state index contributed by atoms with van der Waals surface area (Å²) < 4.78 is 26.2. The van der Waals surface area contributed by atoms with Gasteiger partial charge in [-0.15, -0.1) is 0 Å². The van der Waals surface area contributed by atoms with Gasteiger partial charge in [0.1, 0.15) is 24.0 Å². The Morgan fingerprint density at radius 2 is 1.82 bits per heavy atom. The number of anilines is 1. The zero-order valence-electron chi connectivity index (χ0n) is 24.8. The number of carbonyl (C=O) groups excluding carboxylic acids is 1. The number of hydrogen-bond donors (Lipinski definition) is 1. The molecule has 7 rings (SSSR count). The largest absolute Gasteiger partial charge is 0.451 e. The molecule has 0 unspecified atom stereocenters. The van der Waals surface area contributed by atoms with Gasteiger partial charge in [0.2, 0.25) is 0 Å². The fourth-order valence-corrected chi connectivity index (χ4v) is 7.39. The Balaban J connectivity index is 0.980. The Bertz CT molecular complexity index is 1580. The molecule has 2 saturated heterocycles. The van der Waals surface area contributed by atoms with Gasteiger partial charge >= 0.3 is 6.09 Å². The van der Waals surface area contributed by atoms with E-state index in [0.29, 0.717) is 34.5 Å². The van der Waals surface area contributed by atoms with Gasteiger partial charge < -0.3 is 25.0 Å². The SMILES string of the molecule is N#Cc1ccc(-c2cc(F)ccc2Oc2cncnc2N2CC3(CN(CC[C@H]4CC[C@H](OC(N)=O)CC4)C3)C2)c(C2CC2)c1. The van der Waals surface area contributed by atoms with Crippen LogP contribution in [-0.4, -0.2) is 59.8 Å². The topological polar surface area (TPSA) is 118 Å². The minimum atomic E-state index is -0.666. The van der Waals surface area contributed by atoms with E-state index < -0.39 is 6.09 Å². The lowest BCUT2D eigenvalue weighted by molar-refractivity contribution is -0.0268. The predicted molar refractivity (Wildman–Crippen MR) is 163 cm³/mol. The van der Waals surface area contributed by atoms with Crippen molar-refractivity contribution in [1.82, 2.24) is 14.9 Å². The third-order valence-corrected chi connectivity index (χ3v) is 9.71. The third kappa shape index (κ3) is 5.93. The first-order chi connectivity index (χ1) is 21.4. The van der Waals surface area contributed by atoms with E-state index in [1.165, 1.54) is 18.6 Å². The molecule has 4 aliphatic rings. The summed E-state index contributed by atoms with van der Waals surface area (Å²) in [5, 5.41) is 9.44. The number of ether oxygens (including phenoxy) is 2. The second kappa shape index (κ2) is 11.7. The molecule has 2 aliphatic heterocycles. The van der Waals surface area contributed by atoms with Gasteiger partial charge in [-0.1, -0.05) is 6.07 Å². The molecule has 0 bridgehead atoms. The van der Waals surface area contributed by atoms with Crippen molar-refractivity contribution in [3.05, 3.63) is 65.9 Å². The molecule has 3 aromatic rings. The lowest BCUT2D eigenvalue weighted by Crippen LogP contribution is -2.72. The number of nitrogens with zero attached hydrogens (tertiary/aromatic N) is 5. The van der Waals surface area contributed by atoms with Crippen LogP contribution in [0.5, 0.6) is 11.5 Å². The average molecular weight is 597 g/mol. The molecule has 1 spiro atoms. The fraction of sp³-hybridized carbons (Fsp3) is 0.471. The number of nitrogens with two attached hydrogens (primary N) is 1. The first kappa shape index (κ1) is 28.5. The standard InChI is InChI=1S/C34H37FN6O3/c35-25-6-10-30(29(14-25)27-9-3-23(15-36)13-28(27)24-4-5-24)44-31-16-38-21-39-32(31)41-19-34(20-41)17-40(18-34)12-11-22-1-7-26(8-2-22)43-33(37)42/h3,6,9-10,13-14,16,21-22,24,26H,1-2,4-5,7-8,11-12,17-20H2,(H2,37,42)/t22-,26-. The highest BCUT2D eigenvalue weighted by atomic mass is 19.1. The number of carbonyl (C=O) groups is 1. The molecule has 0 radical (unpaired) electrons. The van der Waals surface area contributed by atoms with Crippen LogP contribution in [0.4, 0.5) is 15.0 Å². The Morgan fingerprint density at radius 1 is 1.02 bits per heavy atom. The van der Waals surface area contributed by atoms with Crippen LogP contribution in [0.15, 0.2) is 48.9 Å². The molecule has 2 saturated carbocycles. The summed E-state index contributed by atoms with van der Waals surface area (Å²) in [4.78, 5) is 24.6. The summed E-state index contributed by atoms with van der Waals surface area (Å²) in [7, 11) is 0. The molecule has 228 valence electrons. The number of amides is 1. The first-order valence-corrected chi connectivity index (χ1v) is 15.6. The number of likely N-dealkylation sites (tertiary alicyclic amines) is 1. The minimum Gasteiger partial charge on any atom is -0.451 e. The Kier molecular flexibility index (Phi) is 7.58. The summed E-state index contributed by atoms with van der Waals surface area (Å²) >= 11 is 0. The summed E-state index contributed by atoms with van der Waals surface area (Å²) in [6, 6.07) is 12.4. The zero-order valence-corrected chi connectivity index (χ0v) is 24.8. The van der Waals surface area contributed by atoms with E-state index in [1.54, 1.807) is 24.7 Å². The summed E-state index contributed by atoms with van der Waals surface area (Å²) in [5.41, 5.74) is 8.67. The Hall–Kier alpha value is -4.23. The predicted octanol–water partition coefficient (Wildman–Crippen LogP) is 5.99. The lowest BCUT2D eigenvalue weighted by Gasteiger charge is -2.61. The van der Waals surface area contributed by atoms with E-state index in [1.807, 2.05) is 12.1 Å². The monoisotopic (exact) mass is 596 g/mol.